The van der Waals surface area contributed by atoms with Crippen LogP contribution < -0.4 is 17.0 Å². The molecule has 0 aromatic carbocycles. The van der Waals surface area contributed by atoms with E-state index in [-0.39, 0.29) is 6.04 Å². The first kappa shape index (κ1) is 16.5. The van der Waals surface area contributed by atoms with E-state index in [4.69, 9.17) is 23.2 Å². The van der Waals surface area contributed by atoms with Crippen molar-refractivity contribution in [1.29, 1.82) is 0 Å². The van der Waals surface area contributed by atoms with E-state index in [1.165, 1.54) is 12.8 Å². The number of aromatic nitrogens is 1. The number of pyridine rings is 1. The molecule has 0 saturated heterocycles. The van der Waals surface area contributed by atoms with Crippen LogP contribution >= 0.6 is 11.6 Å². The quantitative estimate of drug-likeness (QED) is 0.588. The smallest absolute Gasteiger partial charge is 0.128 e. The minimum atomic E-state index is 0.0251. The third-order valence-corrected chi connectivity index (χ3v) is 5.11. The molecule has 1 saturated carbocycles. The Labute approximate surface area is 132 Å². The molecule has 0 spiro atoms. The van der Waals surface area contributed by atoms with Crippen LogP contribution in [0.4, 0.5) is 5.82 Å². The van der Waals surface area contributed by atoms with E-state index in [2.05, 4.69) is 31.2 Å². The lowest BCUT2D eigenvalue weighted by Crippen LogP contribution is -2.37. The Morgan fingerprint density at radius 3 is 2.43 bits per heavy atom. The summed E-state index contributed by atoms with van der Waals surface area (Å²) in [7, 11) is 0. The molecule has 1 aromatic rings. The highest BCUT2D eigenvalue weighted by Crippen LogP contribution is 2.43. The zero-order chi connectivity index (χ0) is 15.6. The fourth-order valence-corrected chi connectivity index (χ4v) is 3.68. The monoisotopic (exact) mass is 310 g/mol. The molecule has 118 valence electrons. The van der Waals surface area contributed by atoms with Crippen LogP contribution in [-0.4, -0.2) is 4.98 Å². The second-order valence-electron chi connectivity index (χ2n) is 7.25. The van der Waals surface area contributed by atoms with Crippen LogP contribution in [0.15, 0.2) is 12.3 Å². The lowest BCUT2D eigenvalue weighted by Gasteiger charge is -2.39. The molecule has 21 heavy (non-hydrogen) atoms. The van der Waals surface area contributed by atoms with Gasteiger partial charge in [-0.2, -0.15) is 0 Å². The minimum absolute atomic E-state index is 0.0251. The summed E-state index contributed by atoms with van der Waals surface area (Å²) in [6, 6.07) is 1.90. The van der Waals surface area contributed by atoms with Gasteiger partial charge in [0, 0.05) is 11.8 Å². The minimum Gasteiger partial charge on any atom is -0.383 e. The summed E-state index contributed by atoms with van der Waals surface area (Å²) in [5.41, 5.74) is 10.2. The Kier molecular flexibility index (Phi) is 5.12. The molecule has 0 amide bonds. The van der Waals surface area contributed by atoms with Gasteiger partial charge in [0.05, 0.1) is 11.1 Å². The Balaban J connectivity index is 2.11. The van der Waals surface area contributed by atoms with Crippen LogP contribution in [0.3, 0.4) is 0 Å². The maximum Gasteiger partial charge on any atom is 0.128 e. The highest BCUT2D eigenvalue weighted by atomic mass is 35.5. The van der Waals surface area contributed by atoms with Crippen molar-refractivity contribution in [3.63, 3.8) is 0 Å². The number of nitrogens with zero attached hydrogens (tertiary/aromatic N) is 1. The number of rotatable bonds is 3. The average Bonchev–Trinajstić information content (AvgIpc) is 2.43. The molecule has 1 aliphatic rings. The van der Waals surface area contributed by atoms with Crippen molar-refractivity contribution in [1.82, 2.24) is 10.4 Å². The molecule has 1 heterocycles. The highest BCUT2D eigenvalue weighted by molar-refractivity contribution is 6.30. The van der Waals surface area contributed by atoms with Crippen molar-refractivity contribution in [2.45, 2.75) is 52.5 Å². The van der Waals surface area contributed by atoms with Crippen molar-refractivity contribution in [3.8, 4) is 0 Å². The number of nitrogen functional groups attached to an aromatic ring is 1. The first-order valence-electron chi connectivity index (χ1n) is 7.70. The summed E-state index contributed by atoms with van der Waals surface area (Å²) in [5.74, 6) is 7.57. The van der Waals surface area contributed by atoms with Crippen molar-refractivity contribution in [3.05, 3.63) is 22.8 Å². The molecular weight excluding hydrogens is 284 g/mol. The van der Waals surface area contributed by atoms with Gasteiger partial charge in [0.2, 0.25) is 0 Å². The summed E-state index contributed by atoms with van der Waals surface area (Å²) in [5, 5.41) is 0.600. The molecule has 1 unspecified atom stereocenters. The van der Waals surface area contributed by atoms with Crippen LogP contribution in [0.25, 0.3) is 0 Å². The van der Waals surface area contributed by atoms with Crippen molar-refractivity contribution >= 4 is 17.4 Å². The predicted octanol–water partition coefficient (Wildman–Crippen LogP) is 3.67. The standard InChI is InChI=1S/C16H27ClN4/c1-16(2,3)11-6-4-10(5-7-11)14(21-19)13-8-12(17)9-20-15(13)18/h8-11,14,21H,4-7,19H2,1-3H3,(H2,18,20). The second kappa shape index (κ2) is 6.51. The summed E-state index contributed by atoms with van der Waals surface area (Å²) in [4.78, 5) is 4.15. The van der Waals surface area contributed by atoms with Gasteiger partial charge in [-0.25, -0.2) is 4.98 Å². The average molecular weight is 311 g/mol. The van der Waals surface area contributed by atoms with Crippen LogP contribution in [-0.2, 0) is 0 Å². The van der Waals surface area contributed by atoms with Gasteiger partial charge in [0.25, 0.3) is 0 Å². The predicted molar refractivity (Wildman–Crippen MR) is 88.6 cm³/mol. The molecule has 0 bridgehead atoms. The van der Waals surface area contributed by atoms with E-state index in [1.54, 1.807) is 6.20 Å². The zero-order valence-corrected chi connectivity index (χ0v) is 14.0. The van der Waals surface area contributed by atoms with E-state index in [0.29, 0.717) is 22.2 Å². The summed E-state index contributed by atoms with van der Waals surface area (Å²) < 4.78 is 0. The van der Waals surface area contributed by atoms with E-state index in [9.17, 15) is 0 Å². The molecule has 1 aromatic heterocycles. The first-order valence-corrected chi connectivity index (χ1v) is 8.07. The number of halogens is 1. The highest BCUT2D eigenvalue weighted by Gasteiger charge is 2.33. The topological polar surface area (TPSA) is 77.0 Å². The van der Waals surface area contributed by atoms with Gasteiger partial charge in [-0.15, -0.1) is 0 Å². The van der Waals surface area contributed by atoms with Gasteiger partial charge in [-0.3, -0.25) is 11.3 Å². The SMILES string of the molecule is CC(C)(C)C1CCC(C(NN)c2cc(Cl)cnc2N)CC1. The third kappa shape index (κ3) is 3.87. The first-order chi connectivity index (χ1) is 9.82. The van der Waals surface area contributed by atoms with Gasteiger partial charge in [0.1, 0.15) is 5.82 Å². The van der Waals surface area contributed by atoms with Crippen LogP contribution in [0.5, 0.6) is 0 Å². The fraction of sp³-hybridized carbons (Fsp3) is 0.688. The number of hydrogen-bond acceptors (Lipinski definition) is 4. The molecular formula is C16H27ClN4. The Bertz CT molecular complexity index is 476. The lowest BCUT2D eigenvalue weighted by atomic mass is 9.68. The molecule has 5 N–H and O–H groups in total. The Morgan fingerprint density at radius 2 is 1.90 bits per heavy atom. The van der Waals surface area contributed by atoms with Gasteiger partial charge >= 0.3 is 0 Å². The molecule has 2 rings (SSSR count). The molecule has 1 atom stereocenters. The normalized spacial score (nSPS) is 24.8. The van der Waals surface area contributed by atoms with E-state index >= 15 is 0 Å². The Hall–Kier alpha value is -0.840. The van der Waals surface area contributed by atoms with Crippen molar-refractivity contribution in [2.75, 3.05) is 5.73 Å². The summed E-state index contributed by atoms with van der Waals surface area (Å²) >= 11 is 6.05. The van der Waals surface area contributed by atoms with Crippen molar-refractivity contribution in [2.24, 2.45) is 23.1 Å². The summed E-state index contributed by atoms with van der Waals surface area (Å²) in [6.45, 7) is 6.99. The molecule has 4 nitrogen and oxygen atoms in total. The summed E-state index contributed by atoms with van der Waals surface area (Å²) in [6.07, 6.45) is 6.36. The second-order valence-corrected chi connectivity index (χ2v) is 7.69. The maximum atomic E-state index is 6.05. The van der Waals surface area contributed by atoms with Gasteiger partial charge in [0.15, 0.2) is 0 Å². The Morgan fingerprint density at radius 1 is 1.29 bits per heavy atom. The third-order valence-electron chi connectivity index (χ3n) is 4.90. The number of hydrogen-bond donors (Lipinski definition) is 3. The van der Waals surface area contributed by atoms with Gasteiger partial charge in [-0.1, -0.05) is 32.4 Å². The molecule has 0 radical (unpaired) electrons. The maximum absolute atomic E-state index is 6.05. The van der Waals surface area contributed by atoms with E-state index in [0.717, 1.165) is 24.3 Å². The van der Waals surface area contributed by atoms with E-state index < -0.39 is 0 Å². The number of nitrogens with two attached hydrogens (primary N) is 2. The van der Waals surface area contributed by atoms with Crippen LogP contribution in [0.2, 0.25) is 5.02 Å². The van der Waals surface area contributed by atoms with Gasteiger partial charge < -0.3 is 5.73 Å². The molecule has 1 fully saturated rings. The van der Waals surface area contributed by atoms with Crippen molar-refractivity contribution < 1.29 is 0 Å². The lowest BCUT2D eigenvalue weighted by molar-refractivity contribution is 0.132. The molecule has 5 heteroatoms. The molecule has 0 aliphatic heterocycles. The van der Waals surface area contributed by atoms with Crippen LogP contribution in [0, 0.1) is 17.3 Å². The number of anilines is 1. The molecule has 1 aliphatic carbocycles. The van der Waals surface area contributed by atoms with E-state index in [1.807, 2.05) is 6.07 Å². The fourth-order valence-electron chi connectivity index (χ4n) is 3.51. The number of hydrazine groups is 1. The number of nitrogens with one attached hydrogen (secondary N) is 1. The van der Waals surface area contributed by atoms with Gasteiger partial charge in [-0.05, 0) is 49.0 Å². The largest absolute Gasteiger partial charge is 0.383 e. The zero-order valence-electron chi connectivity index (χ0n) is 13.2. The van der Waals surface area contributed by atoms with Crippen LogP contribution in [0.1, 0.15) is 58.1 Å².